The van der Waals surface area contributed by atoms with Crippen LogP contribution in [0.25, 0.3) is 0 Å². The monoisotopic (exact) mass is 351 g/mol. The van der Waals surface area contributed by atoms with E-state index < -0.39 is 0 Å². The number of benzene rings is 2. The van der Waals surface area contributed by atoms with Crippen molar-refractivity contribution in [3.05, 3.63) is 65.7 Å². The van der Waals surface area contributed by atoms with Crippen molar-refractivity contribution in [1.82, 2.24) is 5.32 Å². The summed E-state index contributed by atoms with van der Waals surface area (Å²) in [5, 5.41) is 3.67. The zero-order valence-electron chi connectivity index (χ0n) is 16.3. The van der Waals surface area contributed by atoms with E-state index in [1.54, 1.807) is 0 Å². The Kier molecular flexibility index (Phi) is 7.13. The maximum atomic E-state index is 5.94. The van der Waals surface area contributed by atoms with Crippen LogP contribution in [-0.4, -0.2) is 12.6 Å². The summed E-state index contributed by atoms with van der Waals surface area (Å²) < 4.78 is 5.94. The largest absolute Gasteiger partial charge is 0.489 e. The molecule has 0 radical (unpaired) electrons. The van der Waals surface area contributed by atoms with E-state index in [-0.39, 0.29) is 0 Å². The summed E-state index contributed by atoms with van der Waals surface area (Å²) in [6.07, 6.45) is 6.60. The molecule has 1 fully saturated rings. The number of hydrogen-bond acceptors (Lipinski definition) is 2. The Morgan fingerprint density at radius 1 is 1.00 bits per heavy atom. The highest BCUT2D eigenvalue weighted by atomic mass is 16.5. The predicted molar refractivity (Wildman–Crippen MR) is 110 cm³/mol. The van der Waals surface area contributed by atoms with Gasteiger partial charge in [0.1, 0.15) is 12.4 Å². The van der Waals surface area contributed by atoms with Gasteiger partial charge in [-0.2, -0.15) is 0 Å². The van der Waals surface area contributed by atoms with Gasteiger partial charge in [-0.05, 0) is 67.3 Å². The molecule has 3 atom stereocenters. The second-order valence-electron chi connectivity index (χ2n) is 7.54. The van der Waals surface area contributed by atoms with E-state index in [1.165, 1.54) is 43.2 Å². The highest BCUT2D eigenvalue weighted by Crippen LogP contribution is 2.38. The summed E-state index contributed by atoms with van der Waals surface area (Å²) in [6, 6.07) is 19.9. The van der Waals surface area contributed by atoms with Crippen molar-refractivity contribution in [3.63, 3.8) is 0 Å². The third-order valence-electron chi connectivity index (χ3n) is 5.77. The van der Waals surface area contributed by atoms with Crippen LogP contribution in [0.1, 0.15) is 63.0 Å². The van der Waals surface area contributed by atoms with E-state index in [0.29, 0.717) is 18.6 Å². The van der Waals surface area contributed by atoms with Crippen molar-refractivity contribution in [3.8, 4) is 5.75 Å². The Labute approximate surface area is 159 Å². The van der Waals surface area contributed by atoms with Crippen molar-refractivity contribution in [2.45, 2.75) is 64.5 Å². The topological polar surface area (TPSA) is 21.3 Å². The third kappa shape index (κ3) is 5.11. The van der Waals surface area contributed by atoms with Gasteiger partial charge in [-0.25, -0.2) is 0 Å². The normalized spacial score (nSPS) is 21.3. The van der Waals surface area contributed by atoms with Gasteiger partial charge in [-0.3, -0.25) is 0 Å². The summed E-state index contributed by atoms with van der Waals surface area (Å²) in [5.74, 6) is 2.43. The Morgan fingerprint density at radius 3 is 2.46 bits per heavy atom. The average Bonchev–Trinajstić information content (AvgIpc) is 2.69. The van der Waals surface area contributed by atoms with Gasteiger partial charge in [0.2, 0.25) is 0 Å². The van der Waals surface area contributed by atoms with Gasteiger partial charge in [0, 0.05) is 6.04 Å². The van der Waals surface area contributed by atoms with Crippen molar-refractivity contribution in [2.75, 3.05) is 6.54 Å². The highest BCUT2D eigenvalue weighted by molar-refractivity contribution is 5.30. The first-order valence-corrected chi connectivity index (χ1v) is 10.3. The third-order valence-corrected chi connectivity index (χ3v) is 5.77. The van der Waals surface area contributed by atoms with Crippen LogP contribution in [-0.2, 0) is 6.61 Å². The van der Waals surface area contributed by atoms with E-state index >= 15 is 0 Å². The number of nitrogens with one attached hydrogen (secondary N) is 1. The van der Waals surface area contributed by atoms with Crippen molar-refractivity contribution >= 4 is 0 Å². The Morgan fingerprint density at radius 2 is 1.77 bits per heavy atom. The molecule has 140 valence electrons. The Hall–Kier alpha value is -1.80. The summed E-state index contributed by atoms with van der Waals surface area (Å²) in [4.78, 5) is 0. The molecule has 2 heteroatoms. The van der Waals surface area contributed by atoms with E-state index in [9.17, 15) is 0 Å². The van der Waals surface area contributed by atoms with E-state index in [1.807, 2.05) is 6.07 Å². The number of hydrogen-bond donors (Lipinski definition) is 1. The van der Waals surface area contributed by atoms with Gasteiger partial charge in [-0.15, -0.1) is 0 Å². The fourth-order valence-electron chi connectivity index (χ4n) is 4.46. The molecule has 1 aliphatic carbocycles. The minimum absolute atomic E-state index is 0.629. The molecule has 0 heterocycles. The molecule has 1 N–H and O–H groups in total. The summed E-state index contributed by atoms with van der Waals surface area (Å²) in [6.45, 7) is 6.27. The van der Waals surface area contributed by atoms with Crippen LogP contribution in [0.2, 0.25) is 0 Å². The van der Waals surface area contributed by atoms with Gasteiger partial charge in [0.15, 0.2) is 0 Å². The fourth-order valence-corrected chi connectivity index (χ4v) is 4.46. The molecule has 2 aromatic rings. The van der Waals surface area contributed by atoms with Crippen LogP contribution in [0.15, 0.2) is 54.6 Å². The first-order chi connectivity index (χ1) is 12.8. The molecule has 0 amide bonds. The maximum Gasteiger partial charge on any atom is 0.119 e. The minimum Gasteiger partial charge on any atom is -0.489 e. The van der Waals surface area contributed by atoms with Crippen LogP contribution in [0.4, 0.5) is 0 Å². The molecule has 1 aliphatic rings. The molecule has 0 aromatic heterocycles. The lowest BCUT2D eigenvalue weighted by atomic mass is 9.74. The lowest BCUT2D eigenvalue weighted by Gasteiger charge is -2.35. The first kappa shape index (κ1) is 19.0. The highest BCUT2D eigenvalue weighted by Gasteiger charge is 2.28. The molecular weight excluding hydrogens is 318 g/mol. The molecule has 26 heavy (non-hydrogen) atoms. The molecule has 0 bridgehead atoms. The van der Waals surface area contributed by atoms with Crippen LogP contribution in [0.5, 0.6) is 5.75 Å². The number of rotatable bonds is 8. The second kappa shape index (κ2) is 9.78. The second-order valence-corrected chi connectivity index (χ2v) is 7.54. The minimum atomic E-state index is 0.629. The summed E-state index contributed by atoms with van der Waals surface area (Å²) in [7, 11) is 0. The van der Waals surface area contributed by atoms with E-state index in [0.717, 1.165) is 18.2 Å². The smallest absolute Gasteiger partial charge is 0.119 e. The zero-order valence-corrected chi connectivity index (χ0v) is 16.3. The maximum absolute atomic E-state index is 5.94. The van der Waals surface area contributed by atoms with E-state index in [2.05, 4.69) is 67.7 Å². The molecular formula is C24H33NO. The van der Waals surface area contributed by atoms with Gasteiger partial charge < -0.3 is 10.1 Å². The molecule has 3 unspecified atom stereocenters. The lowest BCUT2D eigenvalue weighted by molar-refractivity contribution is 0.248. The first-order valence-electron chi connectivity index (χ1n) is 10.3. The Bertz CT molecular complexity index is 635. The summed E-state index contributed by atoms with van der Waals surface area (Å²) >= 11 is 0. The lowest BCUT2D eigenvalue weighted by Crippen LogP contribution is -2.35. The molecule has 2 aromatic carbocycles. The predicted octanol–water partition coefficient (Wildman–Crippen LogP) is 5.93. The van der Waals surface area contributed by atoms with Crippen LogP contribution >= 0.6 is 0 Å². The Balaban J connectivity index is 1.60. The van der Waals surface area contributed by atoms with Crippen molar-refractivity contribution in [1.29, 1.82) is 0 Å². The molecule has 0 saturated heterocycles. The quantitative estimate of drug-likeness (QED) is 0.636. The average molecular weight is 352 g/mol. The van der Waals surface area contributed by atoms with E-state index in [4.69, 9.17) is 4.74 Å². The molecule has 1 saturated carbocycles. The SMILES string of the molecule is CCNC1CCCC(C(CC)c2ccc(OCc3ccccc3)cc2)C1. The number of ether oxygens (including phenoxy) is 1. The molecule has 0 aliphatic heterocycles. The summed E-state index contributed by atoms with van der Waals surface area (Å²) in [5.41, 5.74) is 2.68. The van der Waals surface area contributed by atoms with Crippen molar-refractivity contribution in [2.24, 2.45) is 5.92 Å². The van der Waals surface area contributed by atoms with Crippen molar-refractivity contribution < 1.29 is 4.74 Å². The van der Waals surface area contributed by atoms with Crippen LogP contribution in [0, 0.1) is 5.92 Å². The fraction of sp³-hybridized carbons (Fsp3) is 0.500. The van der Waals surface area contributed by atoms with Crippen LogP contribution < -0.4 is 10.1 Å². The zero-order chi connectivity index (χ0) is 18.2. The van der Waals surface area contributed by atoms with Gasteiger partial charge >= 0.3 is 0 Å². The van der Waals surface area contributed by atoms with Gasteiger partial charge in [0.05, 0.1) is 0 Å². The van der Waals surface area contributed by atoms with Crippen LogP contribution in [0.3, 0.4) is 0 Å². The van der Waals surface area contributed by atoms with Gasteiger partial charge in [0.25, 0.3) is 0 Å². The standard InChI is InChI=1S/C24H33NO/c1-3-24(21-11-8-12-22(17-21)25-4-2)20-13-15-23(16-14-20)26-18-19-9-6-5-7-10-19/h5-7,9-10,13-16,21-22,24-25H,3-4,8,11-12,17-18H2,1-2H3. The van der Waals surface area contributed by atoms with Gasteiger partial charge in [-0.1, -0.05) is 62.7 Å². The molecule has 3 rings (SSSR count). The molecule has 2 nitrogen and oxygen atoms in total. The molecule has 0 spiro atoms.